The lowest BCUT2D eigenvalue weighted by Gasteiger charge is -2.13. The maximum atomic E-state index is 11.7. The Morgan fingerprint density at radius 2 is 1.80 bits per heavy atom. The molecular weight excluding hydrogens is 410 g/mol. The van der Waals surface area contributed by atoms with Crippen molar-refractivity contribution >= 4 is 54.8 Å². The summed E-state index contributed by atoms with van der Waals surface area (Å²) in [7, 11) is 3.40. The lowest BCUT2D eigenvalue weighted by molar-refractivity contribution is -0.142. The van der Waals surface area contributed by atoms with E-state index in [0.717, 1.165) is 31.2 Å². The molecule has 1 rings (SSSR count). The van der Waals surface area contributed by atoms with Crippen LogP contribution in [0.2, 0.25) is 0 Å². The van der Waals surface area contributed by atoms with E-state index in [9.17, 15) is 9.59 Å². The van der Waals surface area contributed by atoms with Crippen molar-refractivity contribution in [1.82, 2.24) is 4.90 Å². The molecule has 0 bridgehead atoms. The summed E-state index contributed by atoms with van der Waals surface area (Å²) in [4.78, 5) is 25.5. The van der Waals surface area contributed by atoms with E-state index in [-0.39, 0.29) is 17.6 Å². The van der Waals surface area contributed by atoms with E-state index < -0.39 is 0 Å². The minimum atomic E-state index is -0.268. The molecule has 1 amide bonds. The average Bonchev–Trinajstić information content (AvgIpc) is 2.33. The van der Waals surface area contributed by atoms with Crippen molar-refractivity contribution in [3.05, 3.63) is 26.6 Å². The van der Waals surface area contributed by atoms with Crippen molar-refractivity contribution in [2.24, 2.45) is 0 Å². The van der Waals surface area contributed by atoms with Gasteiger partial charge in [-0.15, -0.1) is 0 Å². The lowest BCUT2D eigenvalue weighted by atomic mass is 10.1. The van der Waals surface area contributed by atoms with Crippen LogP contribution in [-0.2, 0) is 16.0 Å². The van der Waals surface area contributed by atoms with Gasteiger partial charge in [-0.3, -0.25) is 9.59 Å². The highest BCUT2D eigenvalue weighted by molar-refractivity contribution is 9.11. The number of nitrogens with zero attached hydrogens (tertiary/aromatic N) is 1. The van der Waals surface area contributed by atoms with Crippen molar-refractivity contribution in [2.45, 2.75) is 18.2 Å². The van der Waals surface area contributed by atoms with E-state index >= 15 is 0 Å². The standard InChI is InChI=1S/C13H15Br2NO3S/c1-4-19-11(17)7-8-5-9(14)12(10(15)6-8)20-13(18)16(2)3/h5-6H,4,7H2,1-3H3. The maximum absolute atomic E-state index is 11.7. The summed E-state index contributed by atoms with van der Waals surface area (Å²) in [5, 5.41) is -0.0652. The molecular formula is C13H15Br2NO3S. The van der Waals surface area contributed by atoms with Crippen molar-refractivity contribution in [3.63, 3.8) is 0 Å². The number of hydrogen-bond donors (Lipinski definition) is 0. The molecule has 0 N–H and O–H groups in total. The second-order valence-electron chi connectivity index (χ2n) is 4.13. The lowest BCUT2D eigenvalue weighted by Crippen LogP contribution is -2.16. The van der Waals surface area contributed by atoms with Crippen molar-refractivity contribution in [3.8, 4) is 0 Å². The Kier molecular flexibility index (Phi) is 7.05. The van der Waals surface area contributed by atoms with Crippen LogP contribution in [0, 0.1) is 0 Å². The zero-order chi connectivity index (χ0) is 15.3. The number of hydrogen-bond acceptors (Lipinski definition) is 4. The van der Waals surface area contributed by atoms with Crippen LogP contribution < -0.4 is 0 Å². The smallest absolute Gasteiger partial charge is 0.310 e. The van der Waals surface area contributed by atoms with Crippen molar-refractivity contribution in [1.29, 1.82) is 0 Å². The first-order valence-electron chi connectivity index (χ1n) is 5.87. The van der Waals surface area contributed by atoms with Gasteiger partial charge in [0.2, 0.25) is 0 Å². The normalized spacial score (nSPS) is 10.2. The molecule has 0 aliphatic rings. The van der Waals surface area contributed by atoms with Gasteiger partial charge in [-0.25, -0.2) is 0 Å². The fourth-order valence-electron chi connectivity index (χ4n) is 1.37. The molecule has 0 heterocycles. The monoisotopic (exact) mass is 423 g/mol. The van der Waals surface area contributed by atoms with Gasteiger partial charge < -0.3 is 9.64 Å². The number of rotatable bonds is 4. The number of benzene rings is 1. The maximum Gasteiger partial charge on any atom is 0.310 e. The molecule has 0 unspecified atom stereocenters. The van der Waals surface area contributed by atoms with Crippen LogP contribution >= 0.6 is 43.6 Å². The minimum absolute atomic E-state index is 0.0652. The molecule has 1 aromatic rings. The molecule has 0 atom stereocenters. The molecule has 0 radical (unpaired) electrons. The molecule has 0 aliphatic carbocycles. The summed E-state index contributed by atoms with van der Waals surface area (Å²) in [6.45, 7) is 2.14. The molecule has 110 valence electrons. The number of carbonyl (C=O) groups is 2. The molecule has 7 heteroatoms. The third-order valence-corrected chi connectivity index (χ3v) is 5.23. The van der Waals surface area contributed by atoms with Gasteiger partial charge >= 0.3 is 5.97 Å². The highest BCUT2D eigenvalue weighted by Gasteiger charge is 2.15. The molecule has 0 spiro atoms. The topological polar surface area (TPSA) is 46.6 Å². The van der Waals surface area contributed by atoms with Gasteiger partial charge in [0.25, 0.3) is 5.24 Å². The number of esters is 1. The van der Waals surface area contributed by atoms with E-state index in [4.69, 9.17) is 4.74 Å². The molecule has 0 saturated carbocycles. The van der Waals surface area contributed by atoms with E-state index in [1.54, 1.807) is 21.0 Å². The molecule has 0 fully saturated rings. The van der Waals surface area contributed by atoms with E-state index in [2.05, 4.69) is 31.9 Å². The fourth-order valence-corrected chi connectivity index (χ4v) is 3.81. The number of ether oxygens (including phenoxy) is 1. The van der Waals surface area contributed by atoms with Gasteiger partial charge in [-0.1, -0.05) is 0 Å². The third kappa shape index (κ3) is 5.10. The minimum Gasteiger partial charge on any atom is -0.466 e. The first-order valence-corrected chi connectivity index (χ1v) is 8.28. The largest absolute Gasteiger partial charge is 0.466 e. The molecule has 4 nitrogen and oxygen atoms in total. The van der Waals surface area contributed by atoms with Crippen LogP contribution in [-0.4, -0.2) is 36.8 Å². The number of amides is 1. The summed E-state index contributed by atoms with van der Waals surface area (Å²) in [6, 6.07) is 3.65. The quantitative estimate of drug-likeness (QED) is 0.539. The summed E-state index contributed by atoms with van der Waals surface area (Å²) in [6.07, 6.45) is 0.206. The SMILES string of the molecule is CCOC(=O)Cc1cc(Br)c(SC(=O)N(C)C)c(Br)c1. The third-order valence-electron chi connectivity index (χ3n) is 2.27. The number of halogens is 2. The van der Waals surface area contributed by atoms with Gasteiger partial charge in [-0.05, 0) is 68.2 Å². The number of carbonyl (C=O) groups excluding carboxylic acids is 2. The summed E-state index contributed by atoms with van der Waals surface area (Å²) in [5.41, 5.74) is 0.823. The first kappa shape index (κ1) is 17.5. The second kappa shape index (κ2) is 8.05. The van der Waals surface area contributed by atoms with Gasteiger partial charge in [0.15, 0.2) is 0 Å². The van der Waals surface area contributed by atoms with Crippen LogP contribution in [0.15, 0.2) is 26.0 Å². The van der Waals surface area contributed by atoms with Gasteiger partial charge in [0, 0.05) is 27.9 Å². The Hall–Kier alpha value is -0.530. The second-order valence-corrected chi connectivity index (χ2v) is 6.80. The molecule has 0 aromatic heterocycles. The number of thioether (sulfide) groups is 1. The molecule has 0 saturated heterocycles. The summed E-state index contributed by atoms with van der Waals surface area (Å²) >= 11 is 7.98. The predicted molar refractivity (Wildman–Crippen MR) is 87.1 cm³/mol. The Labute approximate surface area is 139 Å². The van der Waals surface area contributed by atoms with Crippen LogP contribution in [0.25, 0.3) is 0 Å². The Bertz CT molecular complexity index is 497. The van der Waals surface area contributed by atoms with Gasteiger partial charge in [0.05, 0.1) is 13.0 Å². The Morgan fingerprint density at radius 1 is 1.25 bits per heavy atom. The zero-order valence-electron chi connectivity index (χ0n) is 11.4. The highest BCUT2D eigenvalue weighted by Crippen LogP contribution is 2.36. The van der Waals surface area contributed by atoms with E-state index in [1.807, 2.05) is 12.1 Å². The van der Waals surface area contributed by atoms with Crippen LogP contribution in [0.1, 0.15) is 12.5 Å². The molecule has 0 aliphatic heterocycles. The first-order chi connectivity index (χ1) is 9.35. The fraction of sp³-hybridized carbons (Fsp3) is 0.385. The Morgan fingerprint density at radius 3 is 2.25 bits per heavy atom. The van der Waals surface area contributed by atoms with Gasteiger partial charge in [-0.2, -0.15) is 0 Å². The molecule has 1 aromatic carbocycles. The van der Waals surface area contributed by atoms with Crippen LogP contribution in [0.4, 0.5) is 4.79 Å². The predicted octanol–water partition coefficient (Wildman–Crippen LogP) is 4.09. The summed E-state index contributed by atoms with van der Waals surface area (Å²) < 4.78 is 6.46. The van der Waals surface area contributed by atoms with E-state index in [1.165, 1.54) is 4.90 Å². The van der Waals surface area contributed by atoms with E-state index in [0.29, 0.717) is 6.61 Å². The van der Waals surface area contributed by atoms with Crippen molar-refractivity contribution in [2.75, 3.05) is 20.7 Å². The van der Waals surface area contributed by atoms with Crippen LogP contribution in [0.3, 0.4) is 0 Å². The molecule has 20 heavy (non-hydrogen) atoms. The summed E-state index contributed by atoms with van der Waals surface area (Å²) in [5.74, 6) is -0.268. The Balaban J connectivity index is 2.91. The van der Waals surface area contributed by atoms with Crippen LogP contribution in [0.5, 0.6) is 0 Å². The van der Waals surface area contributed by atoms with Gasteiger partial charge in [0.1, 0.15) is 0 Å². The van der Waals surface area contributed by atoms with Crippen molar-refractivity contribution < 1.29 is 14.3 Å². The zero-order valence-corrected chi connectivity index (χ0v) is 15.4. The highest BCUT2D eigenvalue weighted by atomic mass is 79.9. The average molecular weight is 425 g/mol.